The van der Waals surface area contributed by atoms with E-state index >= 15 is 0 Å². The maximum absolute atomic E-state index is 10.6. The van der Waals surface area contributed by atoms with E-state index in [0.29, 0.717) is 19.8 Å². The molecule has 0 rings (SSSR count). The standard InChI is InChI=1S/C9H18O4/c1-3-6-11-7-5-8-13-9(10)12-4-2/h3-8H2,1-2H3. The molecule has 0 N–H and O–H groups in total. The summed E-state index contributed by atoms with van der Waals surface area (Å²) in [7, 11) is 0. The molecule has 0 saturated carbocycles. The molecular weight excluding hydrogens is 172 g/mol. The maximum atomic E-state index is 10.6. The molecule has 0 unspecified atom stereocenters. The van der Waals surface area contributed by atoms with Gasteiger partial charge in [-0.2, -0.15) is 0 Å². The lowest BCUT2D eigenvalue weighted by Gasteiger charge is -2.04. The number of hydrogen-bond acceptors (Lipinski definition) is 4. The van der Waals surface area contributed by atoms with Crippen LogP contribution in [-0.4, -0.2) is 32.6 Å². The molecule has 0 fully saturated rings. The van der Waals surface area contributed by atoms with Gasteiger partial charge in [-0.1, -0.05) is 6.92 Å². The van der Waals surface area contributed by atoms with E-state index in [1.165, 1.54) is 0 Å². The molecule has 0 saturated heterocycles. The fraction of sp³-hybridized carbons (Fsp3) is 0.889. The fourth-order valence-electron chi connectivity index (χ4n) is 0.722. The van der Waals surface area contributed by atoms with Crippen LogP contribution in [-0.2, 0) is 14.2 Å². The van der Waals surface area contributed by atoms with Crippen molar-refractivity contribution in [2.24, 2.45) is 0 Å². The second kappa shape index (κ2) is 9.32. The largest absolute Gasteiger partial charge is 0.508 e. The van der Waals surface area contributed by atoms with Crippen LogP contribution in [0, 0.1) is 0 Å². The van der Waals surface area contributed by atoms with Gasteiger partial charge in [0.15, 0.2) is 0 Å². The van der Waals surface area contributed by atoms with Gasteiger partial charge in [0.05, 0.1) is 13.2 Å². The molecule has 0 spiro atoms. The van der Waals surface area contributed by atoms with E-state index < -0.39 is 6.16 Å². The lowest BCUT2D eigenvalue weighted by molar-refractivity contribution is 0.0484. The number of carbonyl (C=O) groups excluding carboxylic acids is 1. The van der Waals surface area contributed by atoms with Crippen LogP contribution in [0.4, 0.5) is 4.79 Å². The quantitative estimate of drug-likeness (QED) is 0.455. The monoisotopic (exact) mass is 190 g/mol. The van der Waals surface area contributed by atoms with Gasteiger partial charge in [-0.15, -0.1) is 0 Å². The molecule has 0 atom stereocenters. The van der Waals surface area contributed by atoms with Crippen molar-refractivity contribution in [3.05, 3.63) is 0 Å². The SMILES string of the molecule is CCCOCCCOC(=O)OCC. The summed E-state index contributed by atoms with van der Waals surface area (Å²) in [6.45, 7) is 5.90. The zero-order valence-electron chi connectivity index (χ0n) is 8.38. The third kappa shape index (κ3) is 9.14. The van der Waals surface area contributed by atoms with Gasteiger partial charge >= 0.3 is 6.16 Å². The van der Waals surface area contributed by atoms with E-state index in [4.69, 9.17) is 9.47 Å². The minimum atomic E-state index is -0.599. The van der Waals surface area contributed by atoms with Crippen LogP contribution >= 0.6 is 0 Å². The Bertz CT molecular complexity index is 125. The summed E-state index contributed by atoms with van der Waals surface area (Å²) in [6.07, 6.45) is 1.13. The van der Waals surface area contributed by atoms with Crippen molar-refractivity contribution < 1.29 is 19.0 Å². The summed E-state index contributed by atoms with van der Waals surface area (Å²) in [5.74, 6) is 0. The third-order valence-electron chi connectivity index (χ3n) is 1.26. The van der Waals surface area contributed by atoms with Crippen LogP contribution in [0.2, 0.25) is 0 Å². The van der Waals surface area contributed by atoms with Crippen LogP contribution in [0.3, 0.4) is 0 Å². The Hall–Kier alpha value is -0.770. The van der Waals surface area contributed by atoms with Crippen LogP contribution in [0.1, 0.15) is 26.7 Å². The Morgan fingerprint density at radius 3 is 2.46 bits per heavy atom. The summed E-state index contributed by atoms with van der Waals surface area (Å²) < 4.78 is 14.5. The van der Waals surface area contributed by atoms with Gasteiger partial charge in [0.1, 0.15) is 0 Å². The minimum Gasteiger partial charge on any atom is -0.435 e. The molecule has 0 aliphatic carbocycles. The summed E-state index contributed by atoms with van der Waals surface area (Å²) in [4.78, 5) is 10.6. The molecule has 0 aliphatic heterocycles. The van der Waals surface area contributed by atoms with Gasteiger partial charge in [-0.3, -0.25) is 0 Å². The number of rotatable bonds is 7. The highest BCUT2D eigenvalue weighted by Crippen LogP contribution is 1.90. The van der Waals surface area contributed by atoms with Crippen molar-refractivity contribution in [3.8, 4) is 0 Å². The summed E-state index contributed by atoms with van der Waals surface area (Å²) in [5.41, 5.74) is 0. The Labute approximate surface area is 79.2 Å². The van der Waals surface area contributed by atoms with E-state index in [9.17, 15) is 4.79 Å². The number of hydrogen-bond donors (Lipinski definition) is 0. The summed E-state index contributed by atoms with van der Waals surface area (Å²) in [6, 6.07) is 0. The predicted octanol–water partition coefficient (Wildman–Crippen LogP) is 1.98. The highest BCUT2D eigenvalue weighted by atomic mass is 16.7. The maximum Gasteiger partial charge on any atom is 0.508 e. The first-order valence-electron chi connectivity index (χ1n) is 4.68. The van der Waals surface area contributed by atoms with E-state index in [1.54, 1.807) is 6.92 Å². The van der Waals surface area contributed by atoms with E-state index in [1.807, 2.05) is 0 Å². The van der Waals surface area contributed by atoms with Gasteiger partial charge in [-0.25, -0.2) is 4.79 Å². The number of carbonyl (C=O) groups is 1. The van der Waals surface area contributed by atoms with Crippen molar-refractivity contribution in [3.63, 3.8) is 0 Å². The van der Waals surface area contributed by atoms with Crippen LogP contribution in [0.15, 0.2) is 0 Å². The fourth-order valence-corrected chi connectivity index (χ4v) is 0.722. The third-order valence-corrected chi connectivity index (χ3v) is 1.26. The van der Waals surface area contributed by atoms with Gasteiger partial charge in [0.25, 0.3) is 0 Å². The second-order valence-corrected chi connectivity index (χ2v) is 2.50. The minimum absolute atomic E-state index is 0.352. The topological polar surface area (TPSA) is 44.8 Å². The van der Waals surface area contributed by atoms with E-state index in [-0.39, 0.29) is 0 Å². The normalized spacial score (nSPS) is 9.69. The molecule has 78 valence electrons. The zero-order chi connectivity index (χ0) is 9.94. The first-order valence-corrected chi connectivity index (χ1v) is 4.68. The Morgan fingerprint density at radius 2 is 1.85 bits per heavy atom. The Balaban J connectivity index is 3.02. The second-order valence-electron chi connectivity index (χ2n) is 2.50. The molecule has 0 bridgehead atoms. The molecule has 0 aliphatic rings. The number of ether oxygens (including phenoxy) is 3. The van der Waals surface area contributed by atoms with Gasteiger partial charge in [-0.05, 0) is 13.3 Å². The van der Waals surface area contributed by atoms with Crippen molar-refractivity contribution in [2.45, 2.75) is 26.7 Å². The predicted molar refractivity (Wildman–Crippen MR) is 48.7 cm³/mol. The molecular formula is C9H18O4. The van der Waals surface area contributed by atoms with Gasteiger partial charge < -0.3 is 14.2 Å². The Kier molecular flexibility index (Phi) is 8.77. The average molecular weight is 190 g/mol. The zero-order valence-corrected chi connectivity index (χ0v) is 8.38. The van der Waals surface area contributed by atoms with Crippen LogP contribution < -0.4 is 0 Å². The molecule has 4 nitrogen and oxygen atoms in total. The van der Waals surface area contributed by atoms with Crippen molar-refractivity contribution in [2.75, 3.05) is 26.4 Å². The average Bonchev–Trinajstić information content (AvgIpc) is 2.11. The molecule has 0 aromatic rings. The van der Waals surface area contributed by atoms with E-state index in [2.05, 4.69) is 11.7 Å². The lowest BCUT2D eigenvalue weighted by atomic mass is 10.5. The van der Waals surface area contributed by atoms with Crippen molar-refractivity contribution in [1.29, 1.82) is 0 Å². The van der Waals surface area contributed by atoms with Crippen LogP contribution in [0.5, 0.6) is 0 Å². The van der Waals surface area contributed by atoms with Gasteiger partial charge in [0.2, 0.25) is 0 Å². The summed E-state index contributed by atoms with van der Waals surface area (Å²) >= 11 is 0. The first-order chi connectivity index (χ1) is 6.31. The van der Waals surface area contributed by atoms with Gasteiger partial charge in [0, 0.05) is 19.6 Å². The molecule has 0 amide bonds. The molecule has 0 aromatic carbocycles. The highest BCUT2D eigenvalue weighted by Gasteiger charge is 2.00. The highest BCUT2D eigenvalue weighted by molar-refractivity contribution is 5.59. The molecule has 13 heavy (non-hydrogen) atoms. The molecule has 0 radical (unpaired) electrons. The smallest absolute Gasteiger partial charge is 0.435 e. The van der Waals surface area contributed by atoms with Crippen molar-refractivity contribution >= 4 is 6.16 Å². The first kappa shape index (κ1) is 12.2. The Morgan fingerprint density at radius 1 is 1.08 bits per heavy atom. The van der Waals surface area contributed by atoms with Crippen LogP contribution in [0.25, 0.3) is 0 Å². The van der Waals surface area contributed by atoms with Crippen molar-refractivity contribution in [1.82, 2.24) is 0 Å². The molecule has 0 heterocycles. The summed E-state index contributed by atoms with van der Waals surface area (Å²) in [5, 5.41) is 0. The molecule has 4 heteroatoms. The lowest BCUT2D eigenvalue weighted by Crippen LogP contribution is -2.09. The van der Waals surface area contributed by atoms with E-state index in [0.717, 1.165) is 19.4 Å². The molecule has 0 aromatic heterocycles.